The zero-order valence-corrected chi connectivity index (χ0v) is 17.0. The Bertz CT molecular complexity index is 937. The quantitative estimate of drug-likeness (QED) is 0.589. The SMILES string of the molecule is COc1ccccc1CCNC(=O)CSc1nnnn1-c1c(C)cccc1C. The Morgan fingerprint density at radius 1 is 1.14 bits per heavy atom. The van der Waals surface area contributed by atoms with Gasteiger partial charge in [0.1, 0.15) is 5.75 Å². The molecular formula is C20H23N5O2S. The number of thioether (sulfide) groups is 1. The molecule has 0 fully saturated rings. The molecule has 0 atom stereocenters. The van der Waals surface area contributed by atoms with E-state index < -0.39 is 0 Å². The molecule has 3 aromatic rings. The molecule has 28 heavy (non-hydrogen) atoms. The third-order valence-electron chi connectivity index (χ3n) is 4.33. The van der Waals surface area contributed by atoms with Gasteiger partial charge in [0, 0.05) is 6.54 Å². The zero-order chi connectivity index (χ0) is 19.9. The van der Waals surface area contributed by atoms with E-state index in [9.17, 15) is 4.79 Å². The number of nitrogens with one attached hydrogen (secondary N) is 1. The number of rotatable bonds is 8. The number of para-hydroxylation sites is 2. The van der Waals surface area contributed by atoms with Crippen LogP contribution in [0.5, 0.6) is 5.75 Å². The van der Waals surface area contributed by atoms with Crippen molar-refractivity contribution < 1.29 is 9.53 Å². The normalized spacial score (nSPS) is 10.7. The van der Waals surface area contributed by atoms with Crippen LogP contribution in [0.1, 0.15) is 16.7 Å². The van der Waals surface area contributed by atoms with E-state index in [1.165, 1.54) is 11.8 Å². The number of tetrazole rings is 1. The second kappa shape index (κ2) is 9.36. The van der Waals surface area contributed by atoms with E-state index in [4.69, 9.17) is 4.74 Å². The van der Waals surface area contributed by atoms with E-state index in [1.807, 2.05) is 56.3 Å². The third kappa shape index (κ3) is 4.69. The molecule has 3 rings (SSSR count). The molecular weight excluding hydrogens is 374 g/mol. The zero-order valence-electron chi connectivity index (χ0n) is 16.2. The molecule has 0 radical (unpaired) electrons. The summed E-state index contributed by atoms with van der Waals surface area (Å²) in [6.45, 7) is 4.58. The van der Waals surface area contributed by atoms with Crippen molar-refractivity contribution in [2.24, 2.45) is 0 Å². The predicted molar refractivity (Wildman–Crippen MR) is 109 cm³/mol. The fraction of sp³-hybridized carbons (Fsp3) is 0.300. The van der Waals surface area contributed by atoms with Gasteiger partial charge in [-0.2, -0.15) is 4.68 Å². The smallest absolute Gasteiger partial charge is 0.230 e. The summed E-state index contributed by atoms with van der Waals surface area (Å²) in [5.41, 5.74) is 4.18. The van der Waals surface area contributed by atoms with E-state index >= 15 is 0 Å². The number of aromatic nitrogens is 4. The van der Waals surface area contributed by atoms with Crippen LogP contribution in [-0.4, -0.2) is 45.5 Å². The molecule has 2 aromatic carbocycles. The van der Waals surface area contributed by atoms with Gasteiger partial charge in [-0.15, -0.1) is 5.10 Å². The van der Waals surface area contributed by atoms with Crippen LogP contribution < -0.4 is 10.1 Å². The number of benzene rings is 2. The van der Waals surface area contributed by atoms with Crippen molar-refractivity contribution in [3.8, 4) is 11.4 Å². The first-order valence-corrected chi connectivity index (χ1v) is 9.95. The fourth-order valence-corrected chi connectivity index (χ4v) is 3.68. The molecule has 146 valence electrons. The number of methoxy groups -OCH3 is 1. The largest absolute Gasteiger partial charge is 0.496 e. The van der Waals surface area contributed by atoms with Crippen LogP contribution in [0.3, 0.4) is 0 Å². The minimum absolute atomic E-state index is 0.0593. The molecule has 8 heteroatoms. The van der Waals surface area contributed by atoms with Crippen LogP contribution >= 0.6 is 11.8 Å². The highest BCUT2D eigenvalue weighted by Gasteiger charge is 2.14. The lowest BCUT2D eigenvalue weighted by atomic mass is 10.1. The molecule has 0 saturated carbocycles. The topological polar surface area (TPSA) is 81.9 Å². The Balaban J connectivity index is 1.55. The number of amides is 1. The van der Waals surface area contributed by atoms with Crippen molar-refractivity contribution in [3.05, 3.63) is 59.2 Å². The van der Waals surface area contributed by atoms with Crippen LogP contribution in [-0.2, 0) is 11.2 Å². The molecule has 0 aliphatic carbocycles. The van der Waals surface area contributed by atoms with Crippen molar-refractivity contribution >= 4 is 17.7 Å². The van der Waals surface area contributed by atoms with Gasteiger partial charge >= 0.3 is 0 Å². The van der Waals surface area contributed by atoms with E-state index in [1.54, 1.807) is 11.8 Å². The Hall–Kier alpha value is -2.87. The maximum atomic E-state index is 12.2. The van der Waals surface area contributed by atoms with Gasteiger partial charge in [0.25, 0.3) is 0 Å². The number of aryl methyl sites for hydroxylation is 2. The maximum Gasteiger partial charge on any atom is 0.230 e. The van der Waals surface area contributed by atoms with Crippen molar-refractivity contribution in [3.63, 3.8) is 0 Å². The minimum Gasteiger partial charge on any atom is -0.496 e. The molecule has 0 unspecified atom stereocenters. The molecule has 1 aromatic heterocycles. The molecule has 0 bridgehead atoms. The number of carbonyl (C=O) groups is 1. The Labute approximate surface area is 168 Å². The van der Waals surface area contributed by atoms with Gasteiger partial charge in [-0.25, -0.2) is 0 Å². The summed E-state index contributed by atoms with van der Waals surface area (Å²) in [5, 5.41) is 15.5. The number of ether oxygens (including phenoxy) is 1. The summed E-state index contributed by atoms with van der Waals surface area (Å²) >= 11 is 1.32. The van der Waals surface area contributed by atoms with Gasteiger partial charge in [0.2, 0.25) is 11.1 Å². The van der Waals surface area contributed by atoms with Crippen LogP contribution in [0.2, 0.25) is 0 Å². The maximum absolute atomic E-state index is 12.2. The fourth-order valence-electron chi connectivity index (χ4n) is 2.98. The predicted octanol–water partition coefficient (Wildman–Crippen LogP) is 2.74. The molecule has 7 nitrogen and oxygen atoms in total. The summed E-state index contributed by atoms with van der Waals surface area (Å²) in [6.07, 6.45) is 0.709. The third-order valence-corrected chi connectivity index (χ3v) is 5.25. The second-order valence-corrected chi connectivity index (χ2v) is 7.26. The highest BCUT2D eigenvalue weighted by atomic mass is 32.2. The number of nitrogens with zero attached hydrogens (tertiary/aromatic N) is 4. The van der Waals surface area contributed by atoms with Crippen molar-refractivity contribution in [2.75, 3.05) is 19.4 Å². The average molecular weight is 398 g/mol. The van der Waals surface area contributed by atoms with Gasteiger partial charge in [-0.05, 0) is 53.5 Å². The van der Waals surface area contributed by atoms with Crippen molar-refractivity contribution in [1.82, 2.24) is 25.5 Å². The highest BCUT2D eigenvalue weighted by Crippen LogP contribution is 2.23. The first-order chi connectivity index (χ1) is 13.6. The number of carbonyl (C=O) groups excluding carboxylic acids is 1. The number of hydrogen-bond donors (Lipinski definition) is 1. The summed E-state index contributed by atoms with van der Waals surface area (Å²) in [4.78, 5) is 12.2. The standard InChI is InChI=1S/C20H23N5O2S/c1-14-7-6-8-15(2)19(14)25-20(22-23-24-25)28-13-18(26)21-12-11-16-9-4-5-10-17(16)27-3/h4-10H,11-13H2,1-3H3,(H,21,26). The summed E-state index contributed by atoms with van der Waals surface area (Å²) in [7, 11) is 1.65. The van der Waals surface area contributed by atoms with Crippen LogP contribution in [0.15, 0.2) is 47.6 Å². The van der Waals surface area contributed by atoms with E-state index in [0.29, 0.717) is 18.1 Å². The lowest BCUT2D eigenvalue weighted by Gasteiger charge is -2.11. The summed E-state index contributed by atoms with van der Waals surface area (Å²) < 4.78 is 7.02. The van der Waals surface area contributed by atoms with Gasteiger partial charge in [0.05, 0.1) is 18.6 Å². The van der Waals surface area contributed by atoms with Crippen LogP contribution in [0.25, 0.3) is 5.69 Å². The van der Waals surface area contributed by atoms with E-state index in [0.717, 1.165) is 28.1 Å². The molecule has 0 spiro atoms. The van der Waals surface area contributed by atoms with E-state index in [2.05, 4.69) is 20.8 Å². The van der Waals surface area contributed by atoms with Crippen molar-refractivity contribution in [1.29, 1.82) is 0 Å². The Kier molecular flexibility index (Phi) is 6.65. The average Bonchev–Trinajstić information content (AvgIpc) is 3.15. The highest BCUT2D eigenvalue weighted by molar-refractivity contribution is 7.99. The van der Waals surface area contributed by atoms with E-state index in [-0.39, 0.29) is 11.7 Å². The molecule has 0 saturated heterocycles. The van der Waals surface area contributed by atoms with Crippen molar-refractivity contribution in [2.45, 2.75) is 25.4 Å². The Morgan fingerprint density at radius 2 is 1.89 bits per heavy atom. The van der Waals surface area contributed by atoms with Gasteiger partial charge in [-0.1, -0.05) is 48.2 Å². The molecule has 0 aliphatic rings. The Morgan fingerprint density at radius 3 is 2.64 bits per heavy atom. The monoisotopic (exact) mass is 397 g/mol. The van der Waals surface area contributed by atoms with Gasteiger partial charge < -0.3 is 10.1 Å². The molecule has 0 aliphatic heterocycles. The lowest BCUT2D eigenvalue weighted by molar-refractivity contribution is -0.118. The molecule has 1 amide bonds. The van der Waals surface area contributed by atoms with Gasteiger partial charge in [0.15, 0.2) is 0 Å². The summed E-state index contributed by atoms with van der Waals surface area (Å²) in [6, 6.07) is 13.8. The summed E-state index contributed by atoms with van der Waals surface area (Å²) in [5.74, 6) is 1.02. The van der Waals surface area contributed by atoms with Crippen LogP contribution in [0, 0.1) is 13.8 Å². The number of hydrogen-bond acceptors (Lipinski definition) is 6. The molecule has 1 N–H and O–H groups in total. The minimum atomic E-state index is -0.0593. The lowest BCUT2D eigenvalue weighted by Crippen LogP contribution is -2.27. The van der Waals surface area contributed by atoms with Gasteiger partial charge in [-0.3, -0.25) is 4.79 Å². The second-order valence-electron chi connectivity index (χ2n) is 6.31. The van der Waals surface area contributed by atoms with Crippen LogP contribution in [0.4, 0.5) is 0 Å². The first-order valence-electron chi connectivity index (χ1n) is 8.96. The molecule has 1 heterocycles. The first kappa shape index (κ1) is 19.9.